The summed E-state index contributed by atoms with van der Waals surface area (Å²) in [7, 11) is 0. The zero-order chi connectivity index (χ0) is 10.1. The first-order chi connectivity index (χ1) is 6.66. The second-order valence-corrected chi connectivity index (χ2v) is 4.56. The molecule has 0 atom stereocenters. The molecular weight excluding hydrogens is 242 g/mol. The summed E-state index contributed by atoms with van der Waals surface area (Å²) in [6.07, 6.45) is 0.356. The van der Waals surface area contributed by atoms with Gasteiger partial charge in [-0.1, -0.05) is 15.9 Å². The van der Waals surface area contributed by atoms with Crippen LogP contribution in [0.15, 0.2) is 16.6 Å². The number of hydrogen-bond donors (Lipinski definition) is 1. The topological polar surface area (TPSA) is 21.3 Å². The van der Waals surface area contributed by atoms with Crippen LogP contribution in [0.2, 0.25) is 0 Å². The van der Waals surface area contributed by atoms with Crippen molar-refractivity contribution < 1.29 is 4.74 Å². The van der Waals surface area contributed by atoms with Gasteiger partial charge in [-0.25, -0.2) is 0 Å². The number of benzene rings is 1. The first-order valence-electron chi connectivity index (χ1n) is 4.81. The van der Waals surface area contributed by atoms with Crippen LogP contribution >= 0.6 is 15.9 Å². The second kappa shape index (κ2) is 3.91. The maximum atomic E-state index is 5.78. The minimum atomic E-state index is 0.356. The lowest BCUT2D eigenvalue weighted by Gasteiger charge is -2.28. The third-order valence-corrected chi connectivity index (χ3v) is 3.71. The molecule has 0 spiro atoms. The molecule has 0 amide bonds. The fourth-order valence-corrected chi connectivity index (χ4v) is 1.74. The molecule has 1 N–H and O–H groups in total. The van der Waals surface area contributed by atoms with Crippen molar-refractivity contribution in [2.75, 3.05) is 13.1 Å². The SMILES string of the molecule is Cc1cc(OC2CNC2)cc(C)c1Br. The van der Waals surface area contributed by atoms with E-state index in [-0.39, 0.29) is 0 Å². The maximum absolute atomic E-state index is 5.78. The lowest BCUT2D eigenvalue weighted by atomic mass is 10.1. The van der Waals surface area contributed by atoms with Crippen molar-refractivity contribution >= 4 is 15.9 Å². The van der Waals surface area contributed by atoms with Gasteiger partial charge in [-0.05, 0) is 37.1 Å². The zero-order valence-corrected chi connectivity index (χ0v) is 10.0. The van der Waals surface area contributed by atoms with Gasteiger partial charge in [-0.2, -0.15) is 0 Å². The largest absolute Gasteiger partial charge is 0.488 e. The van der Waals surface area contributed by atoms with Crippen molar-refractivity contribution in [2.45, 2.75) is 20.0 Å². The Hall–Kier alpha value is -0.540. The Morgan fingerprint density at radius 3 is 2.29 bits per heavy atom. The van der Waals surface area contributed by atoms with Gasteiger partial charge in [0.05, 0.1) is 0 Å². The van der Waals surface area contributed by atoms with Gasteiger partial charge in [0.1, 0.15) is 11.9 Å². The highest BCUT2D eigenvalue weighted by Gasteiger charge is 2.18. The van der Waals surface area contributed by atoms with Gasteiger partial charge < -0.3 is 10.1 Å². The summed E-state index contributed by atoms with van der Waals surface area (Å²) in [6, 6.07) is 4.16. The van der Waals surface area contributed by atoms with Crippen LogP contribution in [0.3, 0.4) is 0 Å². The minimum absolute atomic E-state index is 0.356. The van der Waals surface area contributed by atoms with Crippen LogP contribution in [0.1, 0.15) is 11.1 Å². The Bertz CT molecular complexity index is 324. The average molecular weight is 256 g/mol. The average Bonchev–Trinajstić information content (AvgIpc) is 2.07. The van der Waals surface area contributed by atoms with Crippen molar-refractivity contribution in [3.05, 3.63) is 27.7 Å². The summed E-state index contributed by atoms with van der Waals surface area (Å²) in [5, 5.41) is 3.19. The standard InChI is InChI=1S/C11H14BrNO/c1-7-3-9(4-8(2)11(7)12)14-10-5-13-6-10/h3-4,10,13H,5-6H2,1-2H3. The molecular formula is C11H14BrNO. The summed E-state index contributed by atoms with van der Waals surface area (Å²) in [5.74, 6) is 0.981. The van der Waals surface area contributed by atoms with Gasteiger partial charge in [0.2, 0.25) is 0 Å². The first kappa shape index (κ1) is 9.99. The second-order valence-electron chi connectivity index (χ2n) is 3.77. The van der Waals surface area contributed by atoms with Crippen molar-refractivity contribution in [1.82, 2.24) is 5.32 Å². The minimum Gasteiger partial charge on any atom is -0.488 e. The van der Waals surface area contributed by atoms with E-state index in [1.54, 1.807) is 0 Å². The predicted molar refractivity (Wildman–Crippen MR) is 60.9 cm³/mol. The molecule has 1 aromatic rings. The Balaban J connectivity index is 2.17. The number of aryl methyl sites for hydroxylation is 2. The van der Waals surface area contributed by atoms with Crippen molar-refractivity contribution in [2.24, 2.45) is 0 Å². The molecule has 0 saturated carbocycles. The van der Waals surface area contributed by atoms with Crippen LogP contribution in [-0.4, -0.2) is 19.2 Å². The normalized spacial score (nSPS) is 16.5. The lowest BCUT2D eigenvalue weighted by Crippen LogP contribution is -2.50. The van der Waals surface area contributed by atoms with Crippen LogP contribution < -0.4 is 10.1 Å². The molecule has 0 bridgehead atoms. The Labute approximate surface area is 92.8 Å². The van der Waals surface area contributed by atoms with Gasteiger partial charge in [0.15, 0.2) is 0 Å². The van der Waals surface area contributed by atoms with Crippen molar-refractivity contribution in [3.8, 4) is 5.75 Å². The molecule has 1 fully saturated rings. The van der Waals surface area contributed by atoms with E-state index >= 15 is 0 Å². The maximum Gasteiger partial charge on any atom is 0.123 e. The Morgan fingerprint density at radius 2 is 1.86 bits per heavy atom. The molecule has 3 heteroatoms. The van der Waals surface area contributed by atoms with Gasteiger partial charge in [0, 0.05) is 17.6 Å². The summed E-state index contributed by atoms with van der Waals surface area (Å²) in [6.45, 7) is 6.11. The van der Waals surface area contributed by atoms with Crippen molar-refractivity contribution in [3.63, 3.8) is 0 Å². The number of ether oxygens (including phenoxy) is 1. The molecule has 1 heterocycles. The predicted octanol–water partition coefficient (Wildman–Crippen LogP) is 2.42. The monoisotopic (exact) mass is 255 g/mol. The van der Waals surface area contributed by atoms with E-state index in [0.29, 0.717) is 6.10 Å². The van der Waals surface area contributed by atoms with Crippen molar-refractivity contribution in [1.29, 1.82) is 0 Å². The Morgan fingerprint density at radius 1 is 1.29 bits per heavy atom. The van der Waals surface area contributed by atoms with Crippen LogP contribution in [0.25, 0.3) is 0 Å². The van der Waals surface area contributed by atoms with Gasteiger partial charge in [-0.15, -0.1) is 0 Å². The van der Waals surface area contributed by atoms with E-state index in [1.807, 2.05) is 0 Å². The van der Waals surface area contributed by atoms with Gasteiger partial charge in [0.25, 0.3) is 0 Å². The first-order valence-corrected chi connectivity index (χ1v) is 5.60. The quantitative estimate of drug-likeness (QED) is 0.877. The van der Waals surface area contributed by atoms with Crippen LogP contribution in [0.4, 0.5) is 0 Å². The van der Waals surface area contributed by atoms with Gasteiger partial charge >= 0.3 is 0 Å². The summed E-state index contributed by atoms with van der Waals surface area (Å²) < 4.78 is 6.96. The Kier molecular flexibility index (Phi) is 2.79. The van der Waals surface area contributed by atoms with E-state index in [0.717, 1.165) is 18.8 Å². The molecule has 1 aliphatic rings. The number of rotatable bonds is 2. The highest BCUT2D eigenvalue weighted by Crippen LogP contribution is 2.27. The highest BCUT2D eigenvalue weighted by atomic mass is 79.9. The van der Waals surface area contributed by atoms with E-state index < -0.39 is 0 Å². The third-order valence-electron chi connectivity index (χ3n) is 2.46. The van der Waals surface area contributed by atoms with Crippen LogP contribution in [0, 0.1) is 13.8 Å². The van der Waals surface area contributed by atoms with Crippen LogP contribution in [-0.2, 0) is 0 Å². The fourth-order valence-electron chi connectivity index (χ4n) is 1.51. The molecule has 0 unspecified atom stereocenters. The summed E-state index contributed by atoms with van der Waals surface area (Å²) >= 11 is 3.54. The lowest BCUT2D eigenvalue weighted by molar-refractivity contribution is 0.142. The van der Waals surface area contributed by atoms with E-state index in [9.17, 15) is 0 Å². The van der Waals surface area contributed by atoms with E-state index in [2.05, 4.69) is 47.2 Å². The molecule has 0 aliphatic carbocycles. The molecule has 1 saturated heterocycles. The smallest absolute Gasteiger partial charge is 0.123 e. The molecule has 1 aromatic carbocycles. The zero-order valence-electron chi connectivity index (χ0n) is 8.43. The molecule has 14 heavy (non-hydrogen) atoms. The molecule has 2 rings (SSSR count). The number of halogens is 1. The number of nitrogens with one attached hydrogen (secondary N) is 1. The summed E-state index contributed by atoms with van der Waals surface area (Å²) in [4.78, 5) is 0. The third kappa shape index (κ3) is 1.93. The molecule has 0 radical (unpaired) electrons. The van der Waals surface area contributed by atoms with Crippen LogP contribution in [0.5, 0.6) is 5.75 Å². The fraction of sp³-hybridized carbons (Fsp3) is 0.455. The number of hydrogen-bond acceptors (Lipinski definition) is 2. The molecule has 0 aromatic heterocycles. The molecule has 1 aliphatic heterocycles. The molecule has 2 nitrogen and oxygen atoms in total. The van der Waals surface area contributed by atoms with E-state index in [1.165, 1.54) is 15.6 Å². The highest BCUT2D eigenvalue weighted by molar-refractivity contribution is 9.10. The van der Waals surface area contributed by atoms with Gasteiger partial charge in [-0.3, -0.25) is 0 Å². The summed E-state index contributed by atoms with van der Waals surface area (Å²) in [5.41, 5.74) is 2.46. The molecule has 76 valence electrons. The van der Waals surface area contributed by atoms with E-state index in [4.69, 9.17) is 4.74 Å².